The largest absolute Gasteiger partial charge is 0.369 e. The van der Waals surface area contributed by atoms with Gasteiger partial charge in [0.15, 0.2) is 0 Å². The highest BCUT2D eigenvalue weighted by Gasteiger charge is 2.49. The van der Waals surface area contributed by atoms with Crippen LogP contribution in [0.15, 0.2) is 0 Å². The molecule has 64 heavy (non-hydrogen) atoms. The molecule has 0 aromatic carbocycles. The molecule has 0 saturated heterocycles. The number of carbonyl (C=O) groups is 7. The van der Waals surface area contributed by atoms with E-state index in [1.807, 2.05) is 0 Å². The van der Waals surface area contributed by atoms with Gasteiger partial charge in [0.25, 0.3) is 0 Å². The van der Waals surface area contributed by atoms with Gasteiger partial charge in [0, 0.05) is 46.2 Å². The molecule has 0 spiro atoms. The molecule has 6 fully saturated rings. The Bertz CT molecular complexity index is 1640. The van der Waals surface area contributed by atoms with Crippen molar-refractivity contribution in [2.24, 2.45) is 38.2 Å². The van der Waals surface area contributed by atoms with Gasteiger partial charge in [-0.15, -0.1) is 0 Å². The van der Waals surface area contributed by atoms with Gasteiger partial charge in [-0.1, -0.05) is 116 Å². The highest BCUT2D eigenvalue weighted by molar-refractivity contribution is 5.90. The third-order valence-corrected chi connectivity index (χ3v) is 17.4. The number of rotatable bonds is 18. The highest BCUT2D eigenvalue weighted by Crippen LogP contribution is 2.43. The molecule has 6 aliphatic carbocycles. The monoisotopic (exact) mass is 894 g/mol. The molecule has 6 rings (SSSR count). The van der Waals surface area contributed by atoms with E-state index in [0.717, 1.165) is 116 Å². The second-order valence-corrected chi connectivity index (χ2v) is 21.7. The topological polar surface area (TPSA) is 218 Å². The van der Waals surface area contributed by atoms with Crippen LogP contribution in [0, 0.1) is 32.5 Å². The number of hydrogen-bond acceptors (Lipinski definition) is 7. The summed E-state index contributed by atoms with van der Waals surface area (Å²) in [6.07, 6.45) is 24.9. The highest BCUT2D eigenvalue weighted by atomic mass is 16.2. The van der Waals surface area contributed by atoms with Crippen LogP contribution in [0.3, 0.4) is 0 Å². The fourth-order valence-electron chi connectivity index (χ4n) is 12.8. The molecule has 0 aromatic heterocycles. The molecule has 14 heteroatoms. The minimum absolute atomic E-state index is 0.0903. The summed E-state index contributed by atoms with van der Waals surface area (Å²) in [5, 5.41) is 19.1. The predicted molar refractivity (Wildman–Crippen MR) is 246 cm³/mol. The Hall–Kier alpha value is -3.71. The number of nitrogens with one attached hydrogen (secondary N) is 6. The first kappa shape index (κ1) is 49.7. The van der Waals surface area contributed by atoms with E-state index >= 15 is 0 Å². The van der Waals surface area contributed by atoms with Gasteiger partial charge in [-0.2, -0.15) is 0 Å². The van der Waals surface area contributed by atoms with Crippen LogP contribution < -0.4 is 37.6 Å². The van der Waals surface area contributed by atoms with Crippen molar-refractivity contribution in [3.8, 4) is 0 Å². The average Bonchev–Trinajstić information content (AvgIpc) is 3.33. The Morgan fingerprint density at radius 3 is 0.656 bits per heavy atom. The van der Waals surface area contributed by atoms with Gasteiger partial charge in [-0.3, -0.25) is 33.6 Å². The van der Waals surface area contributed by atoms with Gasteiger partial charge in [0.1, 0.15) is 0 Å². The van der Waals surface area contributed by atoms with Crippen molar-refractivity contribution in [2.75, 3.05) is 39.3 Å². The van der Waals surface area contributed by atoms with Gasteiger partial charge in [0.2, 0.25) is 41.4 Å². The molecule has 0 atom stereocenters. The molecule has 0 aromatic rings. The zero-order chi connectivity index (χ0) is 45.7. The van der Waals surface area contributed by atoms with Crippen LogP contribution in [0.2, 0.25) is 0 Å². The zero-order valence-corrected chi connectivity index (χ0v) is 39.4. The molecule has 6 saturated carbocycles. The van der Waals surface area contributed by atoms with E-state index in [2.05, 4.69) is 31.9 Å². The molecule has 14 nitrogen and oxygen atoms in total. The Labute approximate surface area is 382 Å². The summed E-state index contributed by atoms with van der Waals surface area (Å²) in [5.74, 6) is -1.07. The van der Waals surface area contributed by atoms with E-state index < -0.39 is 32.5 Å². The molecular formula is C50H83N7O7. The summed E-state index contributed by atoms with van der Waals surface area (Å²) >= 11 is 0. The Morgan fingerprint density at radius 2 is 0.469 bits per heavy atom. The van der Waals surface area contributed by atoms with Crippen molar-refractivity contribution in [3.63, 3.8) is 0 Å². The number of nitrogens with two attached hydrogens (primary N) is 1. The summed E-state index contributed by atoms with van der Waals surface area (Å²) in [6, 6.07) is 0. The normalized spacial score (nSPS) is 24.4. The average molecular weight is 894 g/mol. The van der Waals surface area contributed by atoms with Gasteiger partial charge in [0.05, 0.1) is 32.5 Å². The molecule has 0 aliphatic heterocycles. The zero-order valence-electron chi connectivity index (χ0n) is 39.4. The predicted octanol–water partition coefficient (Wildman–Crippen LogP) is 5.89. The van der Waals surface area contributed by atoms with Crippen molar-refractivity contribution < 1.29 is 33.6 Å². The van der Waals surface area contributed by atoms with Gasteiger partial charge < -0.3 is 37.6 Å². The Morgan fingerprint density at radius 1 is 0.297 bits per heavy atom. The lowest BCUT2D eigenvalue weighted by atomic mass is 9.70. The summed E-state index contributed by atoms with van der Waals surface area (Å²) in [5.41, 5.74) is 1.34. The minimum atomic E-state index is -0.811. The first-order valence-electron chi connectivity index (χ1n) is 25.7. The van der Waals surface area contributed by atoms with E-state index in [0.29, 0.717) is 83.6 Å². The van der Waals surface area contributed by atoms with E-state index in [4.69, 9.17) is 5.73 Å². The third kappa shape index (κ3) is 11.6. The fraction of sp³-hybridized carbons (Fsp3) is 0.860. The van der Waals surface area contributed by atoms with E-state index in [9.17, 15) is 33.6 Å². The van der Waals surface area contributed by atoms with Gasteiger partial charge in [-0.25, -0.2) is 0 Å². The number of primary amides is 1. The molecule has 0 radical (unpaired) electrons. The molecule has 0 heterocycles. The van der Waals surface area contributed by atoms with Crippen LogP contribution in [0.25, 0.3) is 0 Å². The lowest BCUT2D eigenvalue weighted by Crippen LogP contribution is -2.58. The van der Waals surface area contributed by atoms with Crippen LogP contribution in [0.4, 0.5) is 0 Å². The first-order chi connectivity index (χ1) is 30.7. The van der Waals surface area contributed by atoms with Crippen molar-refractivity contribution in [1.29, 1.82) is 0 Å². The summed E-state index contributed by atoms with van der Waals surface area (Å²) in [7, 11) is 0. The Kier molecular flexibility index (Phi) is 17.2. The summed E-state index contributed by atoms with van der Waals surface area (Å²) in [4.78, 5) is 96.1. The maximum absolute atomic E-state index is 14.6. The third-order valence-electron chi connectivity index (χ3n) is 17.4. The van der Waals surface area contributed by atoms with Crippen molar-refractivity contribution in [3.05, 3.63) is 0 Å². The van der Waals surface area contributed by atoms with Crippen molar-refractivity contribution >= 4 is 41.4 Å². The SMILES string of the molecule is CC(=O)NCC1(C(=O)NCC2(C(=O)NCC3(C(=O)NCC4(C(=O)NCC5(C(=O)NCC6(C(N)=O)CCCCC6)CCCCC5)CCCCC4)CCCCC3)CCCCC2)CCCCC1. The second kappa shape index (κ2) is 22.2. The van der Waals surface area contributed by atoms with Crippen LogP contribution in [-0.4, -0.2) is 80.6 Å². The maximum atomic E-state index is 14.6. The standard InChI is InChI=1S/C50H83N7O7/c1-38(58)52-33-46(22-10-3-11-23-46)40(60)54-35-48(26-14-5-15-27-48)42(62)56-37-50(30-18-7-19-31-50)44(64)57-36-49(28-16-6-17-29-49)43(63)55-34-47(24-12-4-13-25-47)41(61)53-32-45(39(51)59)20-8-2-9-21-45/h2-37H2,1H3,(H2,51,59)(H,52,58)(H,53,61)(H,54,60)(H,55,63)(H,56,62)(H,57,64). The van der Waals surface area contributed by atoms with Crippen LogP contribution in [0.1, 0.15) is 200 Å². The first-order valence-corrected chi connectivity index (χ1v) is 25.7. The van der Waals surface area contributed by atoms with E-state index in [1.165, 1.54) is 6.92 Å². The summed E-state index contributed by atoms with van der Waals surface area (Å²) in [6.45, 7) is 2.84. The molecule has 6 aliphatic rings. The van der Waals surface area contributed by atoms with Crippen molar-refractivity contribution in [2.45, 2.75) is 200 Å². The van der Waals surface area contributed by atoms with Crippen LogP contribution in [-0.2, 0) is 33.6 Å². The maximum Gasteiger partial charge on any atom is 0.228 e. The number of hydrogen-bond donors (Lipinski definition) is 7. The lowest BCUT2D eigenvalue weighted by molar-refractivity contribution is -0.139. The molecule has 0 unspecified atom stereocenters. The number of amides is 7. The van der Waals surface area contributed by atoms with Crippen LogP contribution >= 0.6 is 0 Å². The second-order valence-electron chi connectivity index (χ2n) is 21.7. The molecule has 7 amide bonds. The Balaban J connectivity index is 1.10. The number of carbonyl (C=O) groups excluding carboxylic acids is 7. The van der Waals surface area contributed by atoms with Gasteiger partial charge >= 0.3 is 0 Å². The molecular weight excluding hydrogens is 811 g/mol. The molecule has 0 bridgehead atoms. The quantitative estimate of drug-likeness (QED) is 0.0885. The van der Waals surface area contributed by atoms with Crippen molar-refractivity contribution in [1.82, 2.24) is 31.9 Å². The van der Waals surface area contributed by atoms with E-state index in [1.54, 1.807) is 0 Å². The fourth-order valence-corrected chi connectivity index (χ4v) is 12.8. The molecule has 8 N–H and O–H groups in total. The minimum Gasteiger partial charge on any atom is -0.369 e. The van der Waals surface area contributed by atoms with Gasteiger partial charge in [-0.05, 0) is 77.0 Å². The lowest BCUT2D eigenvalue weighted by Gasteiger charge is -2.42. The smallest absolute Gasteiger partial charge is 0.228 e. The summed E-state index contributed by atoms with van der Waals surface area (Å²) < 4.78 is 0. The van der Waals surface area contributed by atoms with Crippen LogP contribution in [0.5, 0.6) is 0 Å². The van der Waals surface area contributed by atoms with E-state index in [-0.39, 0.29) is 74.1 Å². The molecule has 360 valence electrons.